The van der Waals surface area contributed by atoms with E-state index in [0.717, 1.165) is 30.6 Å². The molecule has 0 aromatic carbocycles. The van der Waals surface area contributed by atoms with Crippen molar-refractivity contribution in [1.82, 2.24) is 9.55 Å². The van der Waals surface area contributed by atoms with Gasteiger partial charge in [-0.15, -0.1) is 0 Å². The van der Waals surface area contributed by atoms with E-state index in [1.807, 2.05) is 12.5 Å². The number of hydrogen-bond donors (Lipinski definition) is 1. The number of aliphatic hydroxyl groups is 1. The van der Waals surface area contributed by atoms with Crippen molar-refractivity contribution in [2.45, 2.75) is 77.9 Å². The van der Waals surface area contributed by atoms with Crippen molar-refractivity contribution < 1.29 is 5.11 Å². The van der Waals surface area contributed by atoms with Gasteiger partial charge >= 0.3 is 0 Å². The Kier molecular flexibility index (Phi) is 3.99. The van der Waals surface area contributed by atoms with Crippen LogP contribution in [0.15, 0.2) is 42.0 Å². The Balaban J connectivity index is 1.44. The van der Waals surface area contributed by atoms with E-state index in [0.29, 0.717) is 16.9 Å². The minimum atomic E-state index is -0.106. The molecule has 2 unspecified atom stereocenters. The zero-order valence-corrected chi connectivity index (χ0v) is 17.1. The maximum atomic E-state index is 10.2. The third-order valence-corrected chi connectivity index (χ3v) is 9.14. The molecule has 27 heavy (non-hydrogen) atoms. The van der Waals surface area contributed by atoms with Gasteiger partial charge in [0, 0.05) is 12.4 Å². The predicted octanol–water partition coefficient (Wildman–Crippen LogP) is 5.30. The number of nitrogens with zero attached hydrogens (tertiary/aromatic N) is 2. The number of hydrogen-bond acceptors (Lipinski definition) is 2. The summed E-state index contributed by atoms with van der Waals surface area (Å²) in [5.74, 6) is 2.38. The van der Waals surface area contributed by atoms with Crippen LogP contribution >= 0.6 is 0 Å². The highest BCUT2D eigenvalue weighted by molar-refractivity contribution is 5.31. The van der Waals surface area contributed by atoms with Crippen LogP contribution in [0.1, 0.15) is 71.8 Å². The Morgan fingerprint density at radius 1 is 1.11 bits per heavy atom. The summed E-state index contributed by atoms with van der Waals surface area (Å²) in [6, 6.07) is 0.411. The maximum Gasteiger partial charge on any atom is 0.0951 e. The van der Waals surface area contributed by atoms with Crippen molar-refractivity contribution in [1.29, 1.82) is 0 Å². The fourth-order valence-electron chi connectivity index (χ4n) is 7.55. The highest BCUT2D eigenvalue weighted by Crippen LogP contribution is 2.65. The first kappa shape index (κ1) is 17.7. The minimum absolute atomic E-state index is 0.106. The fraction of sp³-hybridized carbons (Fsp3) is 0.708. The first-order chi connectivity index (χ1) is 12.9. The largest absolute Gasteiger partial charge is 0.393 e. The zero-order valence-electron chi connectivity index (χ0n) is 17.1. The van der Waals surface area contributed by atoms with Gasteiger partial charge in [-0.25, -0.2) is 4.98 Å². The van der Waals surface area contributed by atoms with E-state index >= 15 is 0 Å². The third kappa shape index (κ3) is 2.46. The van der Waals surface area contributed by atoms with Crippen LogP contribution < -0.4 is 0 Å². The van der Waals surface area contributed by atoms with E-state index < -0.39 is 0 Å². The van der Waals surface area contributed by atoms with E-state index in [9.17, 15) is 5.11 Å². The average molecular weight is 367 g/mol. The van der Waals surface area contributed by atoms with E-state index in [-0.39, 0.29) is 6.10 Å². The molecular formula is C24H34N2O. The Morgan fingerprint density at radius 2 is 1.93 bits per heavy atom. The monoisotopic (exact) mass is 366 g/mol. The van der Waals surface area contributed by atoms with Crippen molar-refractivity contribution >= 4 is 0 Å². The summed E-state index contributed by atoms with van der Waals surface area (Å²) in [6.45, 7) is 7.41. The molecule has 1 aromatic rings. The molecule has 1 N–H and O–H groups in total. The Hall–Kier alpha value is -1.35. The number of aliphatic hydroxyl groups excluding tert-OH is 1. The molecule has 0 amide bonds. The van der Waals surface area contributed by atoms with E-state index in [1.54, 1.807) is 11.1 Å². The van der Waals surface area contributed by atoms with E-state index in [2.05, 4.69) is 48.7 Å². The quantitative estimate of drug-likeness (QED) is 0.721. The summed E-state index contributed by atoms with van der Waals surface area (Å²) >= 11 is 0. The molecule has 3 heteroatoms. The topological polar surface area (TPSA) is 38.0 Å². The van der Waals surface area contributed by atoms with Crippen LogP contribution in [0.3, 0.4) is 0 Å². The van der Waals surface area contributed by atoms with Crippen LogP contribution in [0.4, 0.5) is 0 Å². The molecule has 146 valence electrons. The maximum absolute atomic E-state index is 10.2. The van der Waals surface area contributed by atoms with Crippen LogP contribution in [-0.2, 0) is 0 Å². The smallest absolute Gasteiger partial charge is 0.0951 e. The summed E-state index contributed by atoms with van der Waals surface area (Å²) in [7, 11) is 0. The van der Waals surface area contributed by atoms with Gasteiger partial charge in [0.25, 0.3) is 0 Å². The van der Waals surface area contributed by atoms with Crippen molar-refractivity contribution in [2.75, 3.05) is 0 Å². The lowest BCUT2D eigenvalue weighted by atomic mass is 9.47. The Labute approximate surface area is 163 Å². The van der Waals surface area contributed by atoms with Crippen LogP contribution in [-0.4, -0.2) is 20.8 Å². The van der Waals surface area contributed by atoms with Crippen molar-refractivity contribution in [3.8, 4) is 0 Å². The molecule has 0 aliphatic heterocycles. The fourth-order valence-corrected chi connectivity index (χ4v) is 7.55. The molecule has 5 rings (SSSR count). The Morgan fingerprint density at radius 3 is 2.70 bits per heavy atom. The number of aromatic nitrogens is 2. The van der Waals surface area contributed by atoms with Gasteiger partial charge in [0.15, 0.2) is 0 Å². The molecular weight excluding hydrogens is 332 g/mol. The van der Waals surface area contributed by atoms with Crippen molar-refractivity contribution in [3.63, 3.8) is 0 Å². The lowest BCUT2D eigenvalue weighted by Gasteiger charge is -2.58. The molecule has 0 bridgehead atoms. The summed E-state index contributed by atoms with van der Waals surface area (Å²) in [5.41, 5.74) is 3.88. The van der Waals surface area contributed by atoms with Gasteiger partial charge < -0.3 is 9.67 Å². The van der Waals surface area contributed by atoms with Crippen molar-refractivity contribution in [3.05, 3.63) is 42.0 Å². The molecule has 7 atom stereocenters. The summed E-state index contributed by atoms with van der Waals surface area (Å²) < 4.78 is 2.27. The lowest BCUT2D eigenvalue weighted by Crippen LogP contribution is -2.50. The standard InChI is InChI=1S/C24H34N2O/c1-16(26-13-12-25-15-26)20-6-7-21-19-5-4-17-14-18(27)8-10-23(17,2)22(19)9-11-24(20,21)3/h4,6,12-13,15-16,18-19,21-22,27H,5,7-11,14H2,1-3H3/t16?,18?,19-,21-,22-,23-,24+/m0/s1. The number of allylic oxidation sites excluding steroid dienone is 3. The van der Waals surface area contributed by atoms with E-state index in [1.165, 1.54) is 32.1 Å². The van der Waals surface area contributed by atoms with Crippen LogP contribution in [0.2, 0.25) is 0 Å². The van der Waals surface area contributed by atoms with Gasteiger partial charge in [-0.1, -0.05) is 31.6 Å². The number of fused-ring (bicyclic) bond motifs is 5. The molecule has 2 saturated carbocycles. The molecule has 1 aromatic heterocycles. The molecule has 0 saturated heterocycles. The van der Waals surface area contributed by atoms with Gasteiger partial charge in [-0.05, 0) is 86.0 Å². The van der Waals surface area contributed by atoms with Gasteiger partial charge in [0.2, 0.25) is 0 Å². The second-order valence-electron chi connectivity index (χ2n) is 10.2. The highest BCUT2D eigenvalue weighted by atomic mass is 16.3. The third-order valence-electron chi connectivity index (χ3n) is 9.14. The first-order valence-corrected chi connectivity index (χ1v) is 11.0. The highest BCUT2D eigenvalue weighted by Gasteiger charge is 2.57. The van der Waals surface area contributed by atoms with E-state index in [4.69, 9.17) is 0 Å². The van der Waals surface area contributed by atoms with Crippen LogP contribution in [0.25, 0.3) is 0 Å². The van der Waals surface area contributed by atoms with Gasteiger partial charge in [-0.3, -0.25) is 0 Å². The molecule has 3 nitrogen and oxygen atoms in total. The van der Waals surface area contributed by atoms with Gasteiger partial charge in [0.1, 0.15) is 0 Å². The molecule has 2 fully saturated rings. The Bertz CT molecular complexity index is 778. The number of imidazole rings is 1. The number of rotatable bonds is 2. The predicted molar refractivity (Wildman–Crippen MR) is 108 cm³/mol. The van der Waals surface area contributed by atoms with Gasteiger partial charge in [-0.2, -0.15) is 0 Å². The van der Waals surface area contributed by atoms with Crippen LogP contribution in [0, 0.1) is 28.6 Å². The molecule has 4 aliphatic rings. The lowest BCUT2D eigenvalue weighted by molar-refractivity contribution is -0.0312. The molecule has 4 aliphatic carbocycles. The zero-order chi connectivity index (χ0) is 18.8. The SMILES string of the molecule is CC(C1=CC[C@H]2[C@@H]3CC=C4CC(O)CC[C@]4(C)[C@H]3CC[C@]12C)n1ccnc1. The molecule has 0 spiro atoms. The second-order valence-corrected chi connectivity index (χ2v) is 10.2. The normalized spacial score (nSPS) is 44.6. The summed E-state index contributed by atoms with van der Waals surface area (Å²) in [6.07, 6.45) is 19.2. The van der Waals surface area contributed by atoms with Gasteiger partial charge in [0.05, 0.1) is 18.5 Å². The summed E-state index contributed by atoms with van der Waals surface area (Å²) in [4.78, 5) is 4.27. The average Bonchev–Trinajstić information content (AvgIpc) is 3.29. The first-order valence-electron chi connectivity index (χ1n) is 11.0. The van der Waals surface area contributed by atoms with Crippen molar-refractivity contribution in [2.24, 2.45) is 28.6 Å². The van der Waals surface area contributed by atoms with Crippen LogP contribution in [0.5, 0.6) is 0 Å². The second kappa shape index (κ2) is 6.07. The summed E-state index contributed by atoms with van der Waals surface area (Å²) in [5, 5.41) is 10.2. The minimum Gasteiger partial charge on any atom is -0.393 e. The molecule has 0 radical (unpaired) electrons. The molecule has 1 heterocycles.